The van der Waals surface area contributed by atoms with Crippen molar-refractivity contribution in [3.63, 3.8) is 0 Å². The summed E-state index contributed by atoms with van der Waals surface area (Å²) in [5.41, 5.74) is 2.34. The molecule has 0 atom stereocenters. The van der Waals surface area contributed by atoms with Crippen LogP contribution in [0.4, 0.5) is 0 Å². The zero-order chi connectivity index (χ0) is 9.84. The van der Waals surface area contributed by atoms with E-state index in [-0.39, 0.29) is 0 Å². The van der Waals surface area contributed by atoms with Gasteiger partial charge in [-0.05, 0) is 24.1 Å². The number of ether oxygens (including phenoxy) is 2. The second kappa shape index (κ2) is 4.51. The Hall–Kier alpha value is -0.700. The van der Waals surface area contributed by atoms with Gasteiger partial charge in [-0.25, -0.2) is 0 Å². The van der Waals surface area contributed by atoms with Crippen LogP contribution in [0.1, 0.15) is 11.1 Å². The zero-order valence-corrected chi connectivity index (χ0v) is 9.64. The summed E-state index contributed by atoms with van der Waals surface area (Å²) in [4.78, 5) is 0. The Labute approximate surface area is 87.0 Å². The van der Waals surface area contributed by atoms with E-state index in [0.29, 0.717) is 0 Å². The minimum atomic E-state index is 0.812. The molecule has 3 heteroatoms. The summed E-state index contributed by atoms with van der Waals surface area (Å²) in [6.07, 6.45) is 0. The summed E-state index contributed by atoms with van der Waals surface area (Å²) in [5.74, 6) is 1.70. The van der Waals surface area contributed by atoms with Gasteiger partial charge in [0.2, 0.25) is 0 Å². The predicted molar refractivity (Wildman–Crippen MR) is 56.9 cm³/mol. The van der Waals surface area contributed by atoms with E-state index in [1.165, 1.54) is 5.56 Å². The smallest absolute Gasteiger partial charge is 0.125 e. The van der Waals surface area contributed by atoms with Gasteiger partial charge in [0.15, 0.2) is 0 Å². The Morgan fingerprint density at radius 3 is 2.38 bits per heavy atom. The molecule has 0 unspecified atom stereocenters. The predicted octanol–water partition coefficient (Wildman–Crippen LogP) is 2.91. The summed E-state index contributed by atoms with van der Waals surface area (Å²) in [6, 6.07) is 3.90. The van der Waals surface area contributed by atoms with Crippen LogP contribution in [-0.2, 0) is 5.33 Å². The van der Waals surface area contributed by atoms with E-state index in [0.717, 1.165) is 22.4 Å². The Kier molecular flexibility index (Phi) is 3.60. The first-order chi connectivity index (χ1) is 6.22. The lowest BCUT2D eigenvalue weighted by molar-refractivity contribution is 0.391. The Morgan fingerprint density at radius 1 is 1.23 bits per heavy atom. The topological polar surface area (TPSA) is 18.5 Å². The third-order valence-electron chi connectivity index (χ3n) is 2.04. The monoisotopic (exact) mass is 244 g/mol. The molecule has 0 fully saturated rings. The second-order valence-electron chi connectivity index (χ2n) is 2.75. The Balaban J connectivity index is 3.20. The van der Waals surface area contributed by atoms with Crippen molar-refractivity contribution in [2.75, 3.05) is 14.2 Å². The van der Waals surface area contributed by atoms with Crippen LogP contribution in [0, 0.1) is 6.92 Å². The molecule has 0 N–H and O–H groups in total. The highest BCUT2D eigenvalue weighted by molar-refractivity contribution is 9.08. The van der Waals surface area contributed by atoms with Crippen molar-refractivity contribution in [2.24, 2.45) is 0 Å². The number of benzene rings is 1. The van der Waals surface area contributed by atoms with Gasteiger partial charge >= 0.3 is 0 Å². The van der Waals surface area contributed by atoms with Gasteiger partial charge in [0, 0.05) is 11.4 Å². The zero-order valence-electron chi connectivity index (χ0n) is 8.06. The largest absolute Gasteiger partial charge is 0.497 e. The fourth-order valence-electron chi connectivity index (χ4n) is 1.19. The fraction of sp³-hybridized carbons (Fsp3) is 0.400. The molecule has 2 nitrogen and oxygen atoms in total. The van der Waals surface area contributed by atoms with E-state index >= 15 is 0 Å². The quantitative estimate of drug-likeness (QED) is 0.762. The van der Waals surface area contributed by atoms with Crippen molar-refractivity contribution in [3.8, 4) is 11.5 Å². The highest BCUT2D eigenvalue weighted by atomic mass is 79.9. The first-order valence-electron chi connectivity index (χ1n) is 4.00. The maximum atomic E-state index is 5.23. The Morgan fingerprint density at radius 2 is 1.92 bits per heavy atom. The lowest BCUT2D eigenvalue weighted by Crippen LogP contribution is -1.94. The summed E-state index contributed by atoms with van der Waals surface area (Å²) < 4.78 is 10.4. The van der Waals surface area contributed by atoms with Crippen LogP contribution in [0.5, 0.6) is 11.5 Å². The minimum absolute atomic E-state index is 0.812. The number of halogens is 1. The molecular formula is C10H13BrO2. The third kappa shape index (κ3) is 2.15. The van der Waals surface area contributed by atoms with Gasteiger partial charge in [0.05, 0.1) is 14.2 Å². The number of hydrogen-bond donors (Lipinski definition) is 0. The van der Waals surface area contributed by atoms with Crippen molar-refractivity contribution in [1.82, 2.24) is 0 Å². The first kappa shape index (κ1) is 10.4. The molecule has 1 aromatic carbocycles. The molecular weight excluding hydrogens is 232 g/mol. The molecule has 0 aliphatic heterocycles. The van der Waals surface area contributed by atoms with E-state index in [1.54, 1.807) is 14.2 Å². The maximum Gasteiger partial charge on any atom is 0.125 e. The van der Waals surface area contributed by atoms with Gasteiger partial charge in [-0.15, -0.1) is 0 Å². The summed E-state index contributed by atoms with van der Waals surface area (Å²) in [6.45, 7) is 2.04. The SMILES string of the molecule is COc1cc(CBr)c(C)c(OC)c1. The molecule has 0 aromatic heterocycles. The standard InChI is InChI=1S/C10H13BrO2/c1-7-8(6-11)4-9(12-2)5-10(7)13-3/h4-5H,6H2,1-3H3. The average Bonchev–Trinajstić information content (AvgIpc) is 2.18. The normalized spacial score (nSPS) is 9.85. The molecule has 0 spiro atoms. The molecule has 0 bridgehead atoms. The van der Waals surface area contributed by atoms with Crippen LogP contribution in [-0.4, -0.2) is 14.2 Å². The van der Waals surface area contributed by atoms with Crippen LogP contribution >= 0.6 is 15.9 Å². The van der Waals surface area contributed by atoms with Gasteiger partial charge in [-0.2, -0.15) is 0 Å². The average molecular weight is 245 g/mol. The fourth-order valence-corrected chi connectivity index (χ4v) is 1.77. The number of alkyl halides is 1. The van der Waals surface area contributed by atoms with Crippen LogP contribution in [0.15, 0.2) is 12.1 Å². The maximum absolute atomic E-state index is 5.23. The summed E-state index contributed by atoms with van der Waals surface area (Å²) >= 11 is 3.42. The number of rotatable bonds is 3. The van der Waals surface area contributed by atoms with Gasteiger partial charge in [0.1, 0.15) is 11.5 Å². The molecule has 13 heavy (non-hydrogen) atoms. The van der Waals surface area contributed by atoms with Gasteiger partial charge in [-0.3, -0.25) is 0 Å². The second-order valence-corrected chi connectivity index (χ2v) is 3.31. The van der Waals surface area contributed by atoms with Crippen molar-refractivity contribution in [1.29, 1.82) is 0 Å². The molecule has 0 aliphatic rings. The first-order valence-corrected chi connectivity index (χ1v) is 5.12. The van der Waals surface area contributed by atoms with Crippen LogP contribution in [0.2, 0.25) is 0 Å². The lowest BCUT2D eigenvalue weighted by Gasteiger charge is -2.10. The third-order valence-corrected chi connectivity index (χ3v) is 2.64. The van der Waals surface area contributed by atoms with E-state index in [2.05, 4.69) is 15.9 Å². The van der Waals surface area contributed by atoms with E-state index < -0.39 is 0 Å². The number of methoxy groups -OCH3 is 2. The minimum Gasteiger partial charge on any atom is -0.497 e. The molecule has 0 saturated carbocycles. The highest BCUT2D eigenvalue weighted by Gasteiger charge is 2.06. The highest BCUT2D eigenvalue weighted by Crippen LogP contribution is 2.28. The lowest BCUT2D eigenvalue weighted by atomic mass is 10.1. The van der Waals surface area contributed by atoms with Gasteiger partial charge in [0.25, 0.3) is 0 Å². The van der Waals surface area contributed by atoms with Crippen molar-refractivity contribution < 1.29 is 9.47 Å². The van der Waals surface area contributed by atoms with E-state index in [1.807, 2.05) is 19.1 Å². The molecule has 0 heterocycles. The molecule has 1 rings (SSSR count). The molecule has 0 amide bonds. The van der Waals surface area contributed by atoms with Gasteiger partial charge < -0.3 is 9.47 Å². The van der Waals surface area contributed by atoms with Crippen LogP contribution < -0.4 is 9.47 Å². The molecule has 0 saturated heterocycles. The summed E-state index contributed by atoms with van der Waals surface area (Å²) in [7, 11) is 3.32. The number of hydrogen-bond acceptors (Lipinski definition) is 2. The van der Waals surface area contributed by atoms with Crippen molar-refractivity contribution in [2.45, 2.75) is 12.3 Å². The van der Waals surface area contributed by atoms with Gasteiger partial charge in [-0.1, -0.05) is 15.9 Å². The van der Waals surface area contributed by atoms with E-state index in [9.17, 15) is 0 Å². The summed E-state index contributed by atoms with van der Waals surface area (Å²) in [5, 5.41) is 0.812. The molecule has 0 aliphatic carbocycles. The Bertz CT molecular complexity index is 272. The molecule has 0 radical (unpaired) electrons. The van der Waals surface area contributed by atoms with Crippen LogP contribution in [0.3, 0.4) is 0 Å². The molecule has 1 aromatic rings. The van der Waals surface area contributed by atoms with Crippen molar-refractivity contribution in [3.05, 3.63) is 23.3 Å². The van der Waals surface area contributed by atoms with Crippen molar-refractivity contribution >= 4 is 15.9 Å². The van der Waals surface area contributed by atoms with E-state index in [4.69, 9.17) is 9.47 Å². The molecule has 72 valence electrons. The van der Waals surface area contributed by atoms with Crippen LogP contribution in [0.25, 0.3) is 0 Å².